The number of aryl methyl sites for hydroxylation is 1. The fraction of sp³-hybridized carbons (Fsp3) is 0.444. The molecule has 0 spiro atoms. The van der Waals surface area contributed by atoms with Gasteiger partial charge in [-0.15, -0.1) is 0 Å². The molecule has 0 radical (unpaired) electrons. The van der Waals surface area contributed by atoms with Crippen LogP contribution < -0.4 is 10.5 Å². The second kappa shape index (κ2) is 10.1. The molecule has 0 unspecified atom stereocenters. The molecule has 3 aromatic rings. The van der Waals surface area contributed by atoms with Gasteiger partial charge in [-0.3, -0.25) is 9.78 Å². The lowest BCUT2D eigenvalue weighted by Crippen LogP contribution is -2.38. The van der Waals surface area contributed by atoms with Crippen molar-refractivity contribution in [1.29, 1.82) is 5.26 Å². The van der Waals surface area contributed by atoms with Crippen molar-refractivity contribution in [2.24, 2.45) is 18.1 Å². The number of aromatic nitrogens is 3. The molecule has 36 heavy (non-hydrogen) atoms. The van der Waals surface area contributed by atoms with Gasteiger partial charge in [0, 0.05) is 32.1 Å². The minimum Gasteiger partial charge on any atom is -0.390 e. The number of hydrogen-bond acceptors (Lipinski definition) is 7. The van der Waals surface area contributed by atoms with Gasteiger partial charge in [0.2, 0.25) is 0 Å². The first-order chi connectivity index (χ1) is 17.1. The summed E-state index contributed by atoms with van der Waals surface area (Å²) in [6, 6.07) is 10.3. The van der Waals surface area contributed by atoms with E-state index in [4.69, 9.17) is 4.84 Å². The van der Waals surface area contributed by atoms with E-state index >= 15 is 0 Å². The van der Waals surface area contributed by atoms with Crippen LogP contribution in [0.15, 0.2) is 46.5 Å². The third-order valence-electron chi connectivity index (χ3n) is 6.60. The fourth-order valence-electron chi connectivity index (χ4n) is 4.62. The fourth-order valence-corrected chi connectivity index (χ4v) is 4.62. The molecule has 1 saturated carbocycles. The van der Waals surface area contributed by atoms with E-state index in [9.17, 15) is 14.4 Å². The number of rotatable bonds is 5. The van der Waals surface area contributed by atoms with Crippen LogP contribution in [0.5, 0.6) is 0 Å². The Morgan fingerprint density at radius 1 is 1.22 bits per heavy atom. The van der Waals surface area contributed by atoms with Crippen LogP contribution in [0.2, 0.25) is 0 Å². The van der Waals surface area contributed by atoms with E-state index in [1.165, 1.54) is 12.3 Å². The molecular weight excluding hydrogens is 459 g/mol. The Hall–Kier alpha value is -3.80. The molecule has 3 heterocycles. The topological polar surface area (TPSA) is 96.4 Å². The largest absolute Gasteiger partial charge is 0.390 e. The summed E-state index contributed by atoms with van der Waals surface area (Å²) in [5.74, 6) is -0.284. The van der Waals surface area contributed by atoms with Crippen LogP contribution in [-0.4, -0.2) is 38.9 Å². The van der Waals surface area contributed by atoms with Crippen molar-refractivity contribution >= 4 is 22.4 Å². The Kier molecular flexibility index (Phi) is 7.07. The summed E-state index contributed by atoms with van der Waals surface area (Å²) in [5.41, 5.74) is 3.11. The third kappa shape index (κ3) is 5.38. The number of hydrogen-bond donors (Lipinski definition) is 0. The molecule has 0 N–H and O–H groups in total. The average Bonchev–Trinajstić information content (AvgIpc) is 2.86. The van der Waals surface area contributed by atoms with E-state index < -0.39 is 11.4 Å². The normalized spacial score (nSPS) is 18.6. The third-order valence-corrected chi connectivity index (χ3v) is 6.60. The molecular formula is C27H31FN6O2. The number of nitrogens with zero attached hydrogens (tertiary/aromatic N) is 6. The summed E-state index contributed by atoms with van der Waals surface area (Å²) in [7, 11) is 3.68. The van der Waals surface area contributed by atoms with E-state index in [1.54, 1.807) is 35.9 Å². The van der Waals surface area contributed by atoms with Gasteiger partial charge >= 0.3 is 0 Å². The minimum absolute atomic E-state index is 0.110. The number of pyridine rings is 3. The Balaban J connectivity index is 1.59. The van der Waals surface area contributed by atoms with E-state index in [1.807, 2.05) is 27.8 Å². The number of oxime groups is 1. The molecule has 9 heteroatoms. The first-order valence-electron chi connectivity index (χ1n) is 12.1. The van der Waals surface area contributed by atoms with Crippen molar-refractivity contribution < 1.29 is 9.23 Å². The van der Waals surface area contributed by atoms with Crippen molar-refractivity contribution in [1.82, 2.24) is 14.5 Å². The monoisotopic (exact) mass is 490 g/mol. The van der Waals surface area contributed by atoms with Crippen LogP contribution in [0.4, 0.5) is 10.1 Å². The minimum atomic E-state index is -0.460. The molecule has 8 nitrogen and oxygen atoms in total. The van der Waals surface area contributed by atoms with Crippen LogP contribution in [0.25, 0.3) is 11.0 Å². The molecule has 0 aromatic carbocycles. The van der Waals surface area contributed by atoms with Crippen LogP contribution in [0.1, 0.15) is 57.8 Å². The quantitative estimate of drug-likeness (QED) is 0.384. The molecule has 0 bridgehead atoms. The lowest BCUT2D eigenvalue weighted by atomic mass is 9.81. The van der Waals surface area contributed by atoms with Gasteiger partial charge in [0.05, 0.1) is 23.1 Å². The Bertz CT molecular complexity index is 1380. The van der Waals surface area contributed by atoms with Crippen molar-refractivity contribution in [2.75, 3.05) is 11.9 Å². The highest BCUT2D eigenvalue weighted by atomic mass is 19.1. The predicted molar refractivity (Wildman–Crippen MR) is 137 cm³/mol. The first kappa shape index (κ1) is 25.3. The summed E-state index contributed by atoms with van der Waals surface area (Å²) in [6.07, 6.45) is 4.57. The molecule has 1 fully saturated rings. The smallest absolute Gasteiger partial charge is 0.252 e. The molecule has 4 rings (SSSR count). The molecule has 1 aliphatic rings. The maximum absolute atomic E-state index is 13.5. The average molecular weight is 491 g/mol. The highest BCUT2D eigenvalue weighted by Crippen LogP contribution is 2.34. The molecule has 1 aliphatic carbocycles. The van der Waals surface area contributed by atoms with E-state index in [0.29, 0.717) is 22.4 Å². The second-order valence-corrected chi connectivity index (χ2v) is 10.3. The van der Waals surface area contributed by atoms with Crippen LogP contribution in [-0.2, 0) is 11.9 Å². The van der Waals surface area contributed by atoms with Crippen LogP contribution >= 0.6 is 0 Å². The SMILES string of the molecule is CN(c1cc(=O)n(C)c2ccc(C#N)nc12)C1CCC(/C(=N/OC(C)(C)C)c2ccc(F)cn2)CC1. The Morgan fingerprint density at radius 2 is 1.94 bits per heavy atom. The van der Waals surface area contributed by atoms with Gasteiger partial charge < -0.3 is 14.3 Å². The second-order valence-electron chi connectivity index (χ2n) is 10.3. The zero-order valence-corrected chi connectivity index (χ0v) is 21.3. The van der Waals surface area contributed by atoms with E-state index in [-0.39, 0.29) is 17.5 Å². The van der Waals surface area contributed by atoms with Gasteiger partial charge in [-0.05, 0) is 70.7 Å². The van der Waals surface area contributed by atoms with Crippen molar-refractivity contribution in [2.45, 2.75) is 58.1 Å². The summed E-state index contributed by atoms with van der Waals surface area (Å²) in [6.45, 7) is 5.79. The molecule has 0 amide bonds. The summed E-state index contributed by atoms with van der Waals surface area (Å²) in [5, 5.41) is 13.8. The lowest BCUT2D eigenvalue weighted by molar-refractivity contribution is -0.0000735. The summed E-state index contributed by atoms with van der Waals surface area (Å²) in [4.78, 5) is 29.3. The maximum atomic E-state index is 13.5. The van der Waals surface area contributed by atoms with Gasteiger partial charge in [-0.1, -0.05) is 5.16 Å². The Labute approximate surface area is 210 Å². The summed E-state index contributed by atoms with van der Waals surface area (Å²) >= 11 is 0. The van der Waals surface area contributed by atoms with Gasteiger partial charge in [0.1, 0.15) is 34.4 Å². The summed E-state index contributed by atoms with van der Waals surface area (Å²) < 4.78 is 15.0. The van der Waals surface area contributed by atoms with Crippen LogP contribution in [0.3, 0.4) is 0 Å². The molecule has 3 aromatic heterocycles. The van der Waals surface area contributed by atoms with Crippen molar-refractivity contribution in [3.63, 3.8) is 0 Å². The number of nitriles is 1. The van der Waals surface area contributed by atoms with Gasteiger partial charge in [0.15, 0.2) is 0 Å². The zero-order valence-electron chi connectivity index (χ0n) is 21.3. The molecule has 0 atom stereocenters. The molecule has 0 aliphatic heterocycles. The van der Waals surface area contributed by atoms with E-state index in [0.717, 1.165) is 37.1 Å². The number of fused-ring (bicyclic) bond motifs is 1. The van der Waals surface area contributed by atoms with Gasteiger partial charge in [-0.25, -0.2) is 9.37 Å². The van der Waals surface area contributed by atoms with Crippen molar-refractivity contribution in [3.05, 3.63) is 64.1 Å². The molecule has 188 valence electrons. The van der Waals surface area contributed by atoms with Gasteiger partial charge in [-0.2, -0.15) is 5.26 Å². The van der Waals surface area contributed by atoms with Crippen molar-refractivity contribution in [3.8, 4) is 6.07 Å². The standard InChI is InChI=1S/C27H31FN6O2/c1-27(2,3)36-32-25(21-12-8-18(28)16-30-21)17-6-10-20(11-7-17)33(4)23-14-24(35)34(5)22-13-9-19(15-29)31-26(22)23/h8-9,12-14,16-17,20H,6-7,10-11H2,1-5H3/b32-25-. The lowest BCUT2D eigenvalue weighted by Gasteiger charge is -2.36. The van der Waals surface area contributed by atoms with Gasteiger partial charge in [0.25, 0.3) is 5.56 Å². The maximum Gasteiger partial charge on any atom is 0.252 e. The highest BCUT2D eigenvalue weighted by Gasteiger charge is 2.30. The number of anilines is 1. The molecule has 0 saturated heterocycles. The Morgan fingerprint density at radius 3 is 2.56 bits per heavy atom. The first-order valence-corrected chi connectivity index (χ1v) is 12.1. The van der Waals surface area contributed by atoms with Crippen LogP contribution in [0, 0.1) is 23.1 Å². The number of halogens is 1. The predicted octanol–water partition coefficient (Wildman–Crippen LogP) is 4.55. The highest BCUT2D eigenvalue weighted by molar-refractivity contribution is 6.00. The zero-order chi connectivity index (χ0) is 26.0. The van der Waals surface area contributed by atoms with E-state index in [2.05, 4.69) is 26.1 Å².